The van der Waals surface area contributed by atoms with E-state index in [0.717, 1.165) is 19.6 Å². The molecule has 1 aromatic carbocycles. The van der Waals surface area contributed by atoms with Crippen LogP contribution in [0.25, 0.3) is 0 Å². The Morgan fingerprint density at radius 3 is 2.67 bits per heavy atom. The lowest BCUT2D eigenvalue weighted by atomic mass is 10.1. The number of methoxy groups -OCH3 is 1. The second-order valence-electron chi connectivity index (χ2n) is 4.71. The fourth-order valence-electron chi connectivity index (χ4n) is 2.09. The smallest absolute Gasteiger partial charge is 0.0637 e. The van der Waals surface area contributed by atoms with Crippen molar-refractivity contribution in [3.05, 3.63) is 29.3 Å². The molecule has 0 aliphatic heterocycles. The maximum Gasteiger partial charge on any atom is 0.0637 e. The van der Waals surface area contributed by atoms with Crippen LogP contribution in [0.5, 0.6) is 0 Å². The molecule has 1 rings (SSSR count). The van der Waals surface area contributed by atoms with Gasteiger partial charge in [-0.05, 0) is 31.9 Å². The minimum atomic E-state index is 0.491. The van der Waals surface area contributed by atoms with E-state index in [1.54, 1.807) is 7.11 Å². The van der Waals surface area contributed by atoms with Crippen LogP contribution in [-0.4, -0.2) is 26.3 Å². The lowest BCUT2D eigenvalue weighted by Gasteiger charge is -2.32. The van der Waals surface area contributed by atoms with E-state index in [1.807, 2.05) is 0 Å². The molecule has 18 heavy (non-hydrogen) atoms. The van der Waals surface area contributed by atoms with E-state index < -0.39 is 0 Å². The van der Waals surface area contributed by atoms with Gasteiger partial charge in [0.25, 0.3) is 0 Å². The molecule has 1 unspecified atom stereocenters. The number of hydrogen-bond acceptors (Lipinski definition) is 2. The summed E-state index contributed by atoms with van der Waals surface area (Å²) in [7, 11) is 1.74. The summed E-state index contributed by atoms with van der Waals surface area (Å²) in [5.41, 5.74) is 3.69. The molecule has 0 bridgehead atoms. The molecule has 0 aromatic heterocycles. The molecule has 0 saturated heterocycles. The summed E-state index contributed by atoms with van der Waals surface area (Å²) in [6.07, 6.45) is 1.11. The monoisotopic (exact) mass is 269 g/mol. The van der Waals surface area contributed by atoms with E-state index in [0.29, 0.717) is 11.9 Å². The molecule has 0 aliphatic rings. The van der Waals surface area contributed by atoms with Crippen LogP contribution in [0, 0.1) is 6.92 Å². The minimum absolute atomic E-state index is 0.491. The van der Waals surface area contributed by atoms with Crippen molar-refractivity contribution in [2.45, 2.75) is 39.1 Å². The summed E-state index contributed by atoms with van der Waals surface area (Å²) in [5, 5.41) is 0. The highest BCUT2D eigenvalue weighted by atomic mass is 35.5. The quantitative estimate of drug-likeness (QED) is 0.694. The van der Waals surface area contributed by atoms with Crippen molar-refractivity contribution in [2.24, 2.45) is 0 Å². The number of ether oxygens (including phenoxy) is 1. The minimum Gasteiger partial charge on any atom is -0.383 e. The lowest BCUT2D eigenvalue weighted by molar-refractivity contribution is 0.203. The molecule has 0 N–H and O–H groups in total. The third-order valence-corrected chi connectivity index (χ3v) is 3.64. The van der Waals surface area contributed by atoms with Gasteiger partial charge in [0.05, 0.1) is 6.61 Å². The van der Waals surface area contributed by atoms with Crippen molar-refractivity contribution in [3.8, 4) is 0 Å². The Bertz CT molecular complexity index is 368. The molecular formula is C15H24ClNO. The van der Waals surface area contributed by atoms with E-state index in [2.05, 4.69) is 43.9 Å². The van der Waals surface area contributed by atoms with Gasteiger partial charge in [-0.2, -0.15) is 0 Å². The number of alkyl halides is 1. The molecule has 1 atom stereocenters. The summed E-state index contributed by atoms with van der Waals surface area (Å²) in [6.45, 7) is 8.19. The average Bonchev–Trinajstić information content (AvgIpc) is 2.39. The van der Waals surface area contributed by atoms with Gasteiger partial charge in [-0.15, -0.1) is 11.6 Å². The molecule has 0 heterocycles. The van der Waals surface area contributed by atoms with E-state index in [9.17, 15) is 0 Å². The summed E-state index contributed by atoms with van der Waals surface area (Å²) in [5.74, 6) is 0.553. The van der Waals surface area contributed by atoms with Gasteiger partial charge in [-0.3, -0.25) is 0 Å². The topological polar surface area (TPSA) is 12.5 Å². The first-order chi connectivity index (χ1) is 8.63. The van der Waals surface area contributed by atoms with E-state index in [-0.39, 0.29) is 0 Å². The number of aryl methyl sites for hydroxylation is 1. The molecule has 0 radical (unpaired) electrons. The van der Waals surface area contributed by atoms with Crippen LogP contribution in [0.3, 0.4) is 0 Å². The zero-order valence-corrected chi connectivity index (χ0v) is 12.6. The molecule has 1 aromatic rings. The van der Waals surface area contributed by atoms with Crippen molar-refractivity contribution in [1.82, 2.24) is 0 Å². The van der Waals surface area contributed by atoms with Crippen molar-refractivity contribution in [1.29, 1.82) is 0 Å². The number of hydrogen-bond donors (Lipinski definition) is 0. The van der Waals surface area contributed by atoms with Gasteiger partial charge in [0.1, 0.15) is 0 Å². The first kappa shape index (κ1) is 15.3. The highest BCUT2D eigenvalue weighted by molar-refractivity contribution is 6.17. The first-order valence-electron chi connectivity index (χ1n) is 6.55. The number of nitrogens with zero attached hydrogens (tertiary/aromatic N) is 1. The third-order valence-electron chi connectivity index (χ3n) is 3.35. The van der Waals surface area contributed by atoms with Crippen molar-refractivity contribution < 1.29 is 4.74 Å². The molecule has 0 saturated carbocycles. The van der Waals surface area contributed by atoms with Crippen molar-refractivity contribution >= 4 is 17.3 Å². The number of benzene rings is 1. The first-order valence-corrected chi connectivity index (χ1v) is 7.08. The highest BCUT2D eigenvalue weighted by Crippen LogP contribution is 2.26. The summed E-state index contributed by atoms with van der Waals surface area (Å²) < 4.78 is 5.21. The van der Waals surface area contributed by atoms with Crippen LogP contribution in [0.4, 0.5) is 5.69 Å². The Morgan fingerprint density at radius 2 is 2.11 bits per heavy atom. The fourth-order valence-corrected chi connectivity index (χ4v) is 2.30. The molecule has 0 fully saturated rings. The summed E-state index contributed by atoms with van der Waals surface area (Å²) in [4.78, 5) is 2.39. The largest absolute Gasteiger partial charge is 0.383 e. The van der Waals surface area contributed by atoms with Crippen LogP contribution in [0.1, 0.15) is 31.4 Å². The standard InChI is InChI=1S/C15H24ClNO/c1-5-13(3)17(8-9-18-4)15-7-6-12(2)10-14(15)11-16/h6-7,10,13H,5,8-9,11H2,1-4H3. The number of halogens is 1. The van der Waals surface area contributed by atoms with Gasteiger partial charge >= 0.3 is 0 Å². The van der Waals surface area contributed by atoms with Crippen molar-refractivity contribution in [3.63, 3.8) is 0 Å². The molecule has 0 aliphatic carbocycles. The zero-order chi connectivity index (χ0) is 13.5. The van der Waals surface area contributed by atoms with Gasteiger partial charge in [0.2, 0.25) is 0 Å². The summed E-state index contributed by atoms with van der Waals surface area (Å²) >= 11 is 6.07. The van der Waals surface area contributed by atoms with Crippen LogP contribution in [0.15, 0.2) is 18.2 Å². The normalized spacial score (nSPS) is 12.5. The van der Waals surface area contributed by atoms with Gasteiger partial charge in [-0.1, -0.05) is 24.6 Å². The highest BCUT2D eigenvalue weighted by Gasteiger charge is 2.15. The van der Waals surface area contributed by atoms with Gasteiger partial charge < -0.3 is 9.64 Å². The zero-order valence-electron chi connectivity index (χ0n) is 11.9. The Kier molecular flexibility index (Phi) is 6.51. The Labute approximate surface area is 116 Å². The molecule has 3 heteroatoms. The third kappa shape index (κ3) is 3.89. The predicted octanol–water partition coefficient (Wildman–Crippen LogP) is 3.99. The number of rotatable bonds is 7. The van der Waals surface area contributed by atoms with Crippen molar-refractivity contribution in [2.75, 3.05) is 25.2 Å². The Hall–Kier alpha value is -0.730. The van der Waals surface area contributed by atoms with Crippen LogP contribution in [-0.2, 0) is 10.6 Å². The number of anilines is 1. The lowest BCUT2D eigenvalue weighted by Crippen LogP contribution is -2.36. The maximum atomic E-state index is 6.07. The van der Waals surface area contributed by atoms with Gasteiger partial charge in [-0.25, -0.2) is 0 Å². The fraction of sp³-hybridized carbons (Fsp3) is 0.600. The van der Waals surface area contributed by atoms with Crippen LogP contribution >= 0.6 is 11.6 Å². The second kappa shape index (κ2) is 7.65. The van der Waals surface area contributed by atoms with E-state index in [1.165, 1.54) is 16.8 Å². The van der Waals surface area contributed by atoms with Gasteiger partial charge in [0, 0.05) is 31.3 Å². The molecule has 0 amide bonds. The molecule has 102 valence electrons. The second-order valence-corrected chi connectivity index (χ2v) is 4.98. The summed E-state index contributed by atoms with van der Waals surface area (Å²) in [6, 6.07) is 6.98. The predicted molar refractivity (Wildman–Crippen MR) is 79.7 cm³/mol. The SMILES string of the molecule is CCC(C)N(CCOC)c1ccc(C)cc1CCl. The van der Waals surface area contributed by atoms with E-state index >= 15 is 0 Å². The Balaban J connectivity index is 3.03. The molecule has 0 spiro atoms. The maximum absolute atomic E-state index is 6.07. The molecule has 2 nitrogen and oxygen atoms in total. The van der Waals surface area contributed by atoms with Crippen LogP contribution < -0.4 is 4.90 Å². The van der Waals surface area contributed by atoms with E-state index in [4.69, 9.17) is 16.3 Å². The Morgan fingerprint density at radius 1 is 1.39 bits per heavy atom. The van der Waals surface area contributed by atoms with Gasteiger partial charge in [0.15, 0.2) is 0 Å². The average molecular weight is 270 g/mol. The van der Waals surface area contributed by atoms with Crippen LogP contribution in [0.2, 0.25) is 0 Å². The molecular weight excluding hydrogens is 246 g/mol.